The first-order valence-electron chi connectivity index (χ1n) is 7.40. The molecule has 1 aromatic carbocycles. The van der Waals surface area contributed by atoms with Gasteiger partial charge < -0.3 is 11.1 Å². The minimum absolute atomic E-state index is 0.215. The molecule has 0 unspecified atom stereocenters. The van der Waals surface area contributed by atoms with E-state index in [4.69, 9.17) is 5.73 Å². The van der Waals surface area contributed by atoms with Gasteiger partial charge in [0.15, 0.2) is 0 Å². The first kappa shape index (κ1) is 14.6. The number of hydrogen-bond acceptors (Lipinski definition) is 4. The summed E-state index contributed by atoms with van der Waals surface area (Å²) < 4.78 is 12.9. The first-order chi connectivity index (χ1) is 10.2. The van der Waals surface area contributed by atoms with Crippen LogP contribution >= 0.6 is 11.3 Å². The smallest absolute Gasteiger partial charge is 0.123 e. The Balaban J connectivity index is 1.56. The van der Waals surface area contributed by atoms with Gasteiger partial charge in [0.25, 0.3) is 0 Å². The summed E-state index contributed by atoms with van der Waals surface area (Å²) in [6.07, 6.45) is 4.51. The molecule has 0 amide bonds. The number of hydrogen-bond donors (Lipinski definition) is 2. The predicted molar refractivity (Wildman–Crippen MR) is 84.6 cm³/mol. The van der Waals surface area contributed by atoms with Gasteiger partial charge in [0.1, 0.15) is 10.8 Å². The molecular formula is C16H20FN3S. The van der Waals surface area contributed by atoms with Crippen LogP contribution in [0, 0.1) is 5.82 Å². The van der Waals surface area contributed by atoms with Crippen LogP contribution in [0.2, 0.25) is 0 Å². The van der Waals surface area contributed by atoms with E-state index in [1.54, 1.807) is 23.5 Å². The molecule has 1 saturated carbocycles. The van der Waals surface area contributed by atoms with Crippen molar-refractivity contribution in [3.05, 3.63) is 41.2 Å². The van der Waals surface area contributed by atoms with Gasteiger partial charge in [-0.3, -0.25) is 0 Å². The number of nitrogens with zero attached hydrogens (tertiary/aromatic N) is 1. The van der Waals surface area contributed by atoms with Gasteiger partial charge in [0, 0.05) is 29.6 Å². The Kier molecular flexibility index (Phi) is 4.63. The average Bonchev–Trinajstić information content (AvgIpc) is 2.96. The summed E-state index contributed by atoms with van der Waals surface area (Å²) in [4.78, 5) is 4.62. The molecule has 0 saturated heterocycles. The fraction of sp³-hybridized carbons (Fsp3) is 0.438. The Labute approximate surface area is 128 Å². The maximum absolute atomic E-state index is 12.9. The fourth-order valence-electron chi connectivity index (χ4n) is 2.69. The monoisotopic (exact) mass is 305 g/mol. The van der Waals surface area contributed by atoms with E-state index in [-0.39, 0.29) is 5.82 Å². The summed E-state index contributed by atoms with van der Waals surface area (Å²) in [6.45, 7) is 0.789. The van der Waals surface area contributed by atoms with Gasteiger partial charge in [-0.15, -0.1) is 11.3 Å². The van der Waals surface area contributed by atoms with Crippen LogP contribution in [0.25, 0.3) is 10.6 Å². The molecule has 1 aromatic heterocycles. The van der Waals surface area contributed by atoms with Gasteiger partial charge in [-0.1, -0.05) is 0 Å². The number of nitrogens with two attached hydrogens (primary N) is 1. The van der Waals surface area contributed by atoms with Gasteiger partial charge in [-0.05, 0) is 49.9 Å². The van der Waals surface area contributed by atoms with Crippen molar-refractivity contribution in [1.82, 2.24) is 10.3 Å². The maximum atomic E-state index is 12.9. The van der Waals surface area contributed by atoms with Crippen molar-refractivity contribution in [3.8, 4) is 10.6 Å². The largest absolute Gasteiger partial charge is 0.328 e. The molecule has 5 heteroatoms. The van der Waals surface area contributed by atoms with Crippen LogP contribution in [0.5, 0.6) is 0 Å². The highest BCUT2D eigenvalue weighted by molar-refractivity contribution is 7.13. The van der Waals surface area contributed by atoms with Gasteiger partial charge in [0.2, 0.25) is 0 Å². The Morgan fingerprint density at radius 2 is 1.90 bits per heavy atom. The summed E-state index contributed by atoms with van der Waals surface area (Å²) in [6, 6.07) is 7.43. The zero-order valence-corrected chi connectivity index (χ0v) is 12.7. The summed E-state index contributed by atoms with van der Waals surface area (Å²) >= 11 is 1.60. The highest BCUT2D eigenvalue weighted by Crippen LogP contribution is 2.24. The SMILES string of the molecule is NC1CCC(NCc2csc(-c3ccc(F)cc3)n2)CC1. The van der Waals surface area contributed by atoms with E-state index >= 15 is 0 Å². The molecule has 2 aromatic rings. The van der Waals surface area contributed by atoms with Crippen molar-refractivity contribution in [3.63, 3.8) is 0 Å². The van der Waals surface area contributed by atoms with Crippen molar-refractivity contribution in [2.45, 2.75) is 44.3 Å². The van der Waals surface area contributed by atoms with E-state index in [9.17, 15) is 4.39 Å². The third-order valence-electron chi connectivity index (χ3n) is 3.99. The molecule has 1 fully saturated rings. The molecule has 0 atom stereocenters. The zero-order valence-electron chi connectivity index (χ0n) is 11.9. The summed E-state index contributed by atoms with van der Waals surface area (Å²) in [5.41, 5.74) is 7.94. The predicted octanol–water partition coefficient (Wildman–Crippen LogP) is 3.31. The van der Waals surface area contributed by atoms with Crippen LogP contribution in [0.15, 0.2) is 29.6 Å². The highest BCUT2D eigenvalue weighted by atomic mass is 32.1. The Morgan fingerprint density at radius 1 is 1.19 bits per heavy atom. The second kappa shape index (κ2) is 6.64. The lowest BCUT2D eigenvalue weighted by atomic mass is 9.92. The minimum Gasteiger partial charge on any atom is -0.328 e. The minimum atomic E-state index is -0.215. The van der Waals surface area contributed by atoms with Gasteiger partial charge >= 0.3 is 0 Å². The molecule has 0 bridgehead atoms. The lowest BCUT2D eigenvalue weighted by molar-refractivity contribution is 0.341. The lowest BCUT2D eigenvalue weighted by Crippen LogP contribution is -2.37. The number of nitrogens with one attached hydrogen (secondary N) is 1. The molecule has 3 rings (SSSR count). The molecule has 0 radical (unpaired) electrons. The molecule has 1 heterocycles. The molecule has 1 aliphatic rings. The molecule has 0 aliphatic heterocycles. The Hall–Kier alpha value is -1.30. The van der Waals surface area contributed by atoms with E-state index in [2.05, 4.69) is 15.7 Å². The van der Waals surface area contributed by atoms with Crippen LogP contribution in [0.4, 0.5) is 4.39 Å². The van der Waals surface area contributed by atoms with E-state index in [1.807, 2.05) is 0 Å². The van der Waals surface area contributed by atoms with Crippen molar-refractivity contribution < 1.29 is 4.39 Å². The van der Waals surface area contributed by atoms with E-state index < -0.39 is 0 Å². The third-order valence-corrected chi connectivity index (χ3v) is 4.93. The first-order valence-corrected chi connectivity index (χ1v) is 8.28. The number of rotatable bonds is 4. The van der Waals surface area contributed by atoms with Crippen LogP contribution in [0.1, 0.15) is 31.4 Å². The van der Waals surface area contributed by atoms with Crippen LogP contribution in [0.3, 0.4) is 0 Å². The third kappa shape index (κ3) is 3.87. The maximum Gasteiger partial charge on any atom is 0.123 e. The van der Waals surface area contributed by atoms with E-state index in [0.29, 0.717) is 12.1 Å². The zero-order chi connectivity index (χ0) is 14.7. The fourth-order valence-corrected chi connectivity index (χ4v) is 3.51. The van der Waals surface area contributed by atoms with Crippen molar-refractivity contribution >= 4 is 11.3 Å². The Bertz CT molecular complexity index is 573. The van der Waals surface area contributed by atoms with E-state index in [0.717, 1.165) is 48.5 Å². The van der Waals surface area contributed by atoms with Crippen LogP contribution in [-0.2, 0) is 6.54 Å². The molecular weight excluding hydrogens is 285 g/mol. The molecule has 0 spiro atoms. The van der Waals surface area contributed by atoms with E-state index in [1.165, 1.54) is 12.1 Å². The number of aromatic nitrogens is 1. The molecule has 3 nitrogen and oxygen atoms in total. The second-order valence-corrected chi connectivity index (χ2v) is 6.50. The topological polar surface area (TPSA) is 50.9 Å². The summed E-state index contributed by atoms with van der Waals surface area (Å²) in [7, 11) is 0. The highest BCUT2D eigenvalue weighted by Gasteiger charge is 2.18. The van der Waals surface area contributed by atoms with Crippen molar-refractivity contribution in [1.29, 1.82) is 0 Å². The Morgan fingerprint density at radius 3 is 2.62 bits per heavy atom. The normalized spacial score (nSPS) is 22.4. The number of thiazole rings is 1. The van der Waals surface area contributed by atoms with Crippen molar-refractivity contribution in [2.24, 2.45) is 5.73 Å². The standard InChI is InChI=1S/C16H20FN3S/c17-12-3-1-11(2-4-12)16-20-15(10-21-16)9-19-14-7-5-13(18)6-8-14/h1-4,10,13-14,19H,5-9,18H2. The average molecular weight is 305 g/mol. The summed E-state index contributed by atoms with van der Waals surface area (Å²) in [5.74, 6) is -0.215. The molecule has 1 aliphatic carbocycles. The molecule has 21 heavy (non-hydrogen) atoms. The van der Waals surface area contributed by atoms with Crippen LogP contribution in [-0.4, -0.2) is 17.1 Å². The van der Waals surface area contributed by atoms with Gasteiger partial charge in [0.05, 0.1) is 5.69 Å². The van der Waals surface area contributed by atoms with Crippen LogP contribution < -0.4 is 11.1 Å². The quantitative estimate of drug-likeness (QED) is 0.911. The second-order valence-electron chi connectivity index (χ2n) is 5.64. The summed E-state index contributed by atoms with van der Waals surface area (Å²) in [5, 5.41) is 6.57. The molecule has 3 N–H and O–H groups in total. The van der Waals surface area contributed by atoms with Gasteiger partial charge in [-0.2, -0.15) is 0 Å². The van der Waals surface area contributed by atoms with Crippen molar-refractivity contribution in [2.75, 3.05) is 0 Å². The van der Waals surface area contributed by atoms with Gasteiger partial charge in [-0.25, -0.2) is 9.37 Å². The molecule has 112 valence electrons. The number of halogens is 1. The number of benzene rings is 1. The lowest BCUT2D eigenvalue weighted by Gasteiger charge is -2.26.